The van der Waals surface area contributed by atoms with Gasteiger partial charge in [-0.3, -0.25) is 0 Å². The van der Waals surface area contributed by atoms with Gasteiger partial charge in [-0.15, -0.1) is 0 Å². The highest BCUT2D eigenvalue weighted by Crippen LogP contribution is 2.13. The molecule has 6 N–H and O–H groups in total. The van der Waals surface area contributed by atoms with E-state index in [1.165, 1.54) is 23.8 Å². The van der Waals surface area contributed by atoms with Gasteiger partial charge in [0, 0.05) is 24.5 Å². The molecule has 0 aliphatic rings. The normalized spacial score (nSPS) is 10.3. The SMILES string of the molecule is CCN(CCCCO)CCc1ccccc1.Nc1cc(N)cc(C(=O)O)c1. The van der Waals surface area contributed by atoms with Crippen LogP contribution < -0.4 is 11.5 Å². The van der Waals surface area contributed by atoms with E-state index in [-0.39, 0.29) is 5.56 Å². The summed E-state index contributed by atoms with van der Waals surface area (Å²) in [6, 6.07) is 14.8. The Morgan fingerprint density at radius 3 is 2.15 bits per heavy atom. The number of aromatic carboxylic acids is 1. The van der Waals surface area contributed by atoms with Crippen LogP contribution in [0, 0.1) is 0 Å². The van der Waals surface area contributed by atoms with E-state index in [2.05, 4.69) is 42.2 Å². The molecule has 0 aromatic heterocycles. The number of aliphatic hydroxyl groups excluding tert-OH is 1. The van der Waals surface area contributed by atoms with E-state index < -0.39 is 5.97 Å². The molecule has 0 spiro atoms. The Bertz CT molecular complexity index is 657. The molecule has 0 amide bonds. The highest BCUT2D eigenvalue weighted by atomic mass is 16.4. The number of carbonyl (C=O) groups is 1. The number of benzene rings is 2. The Morgan fingerprint density at radius 1 is 1.00 bits per heavy atom. The minimum absolute atomic E-state index is 0.113. The van der Waals surface area contributed by atoms with Gasteiger partial charge in [0.2, 0.25) is 0 Å². The van der Waals surface area contributed by atoms with Gasteiger partial charge in [-0.25, -0.2) is 4.79 Å². The summed E-state index contributed by atoms with van der Waals surface area (Å²) < 4.78 is 0. The zero-order chi connectivity index (χ0) is 20.1. The number of nitrogen functional groups attached to an aromatic ring is 2. The number of nitrogens with two attached hydrogens (primary N) is 2. The molecule has 0 heterocycles. The molecular weight excluding hydrogens is 342 g/mol. The van der Waals surface area contributed by atoms with Crippen LogP contribution in [0.25, 0.3) is 0 Å². The molecule has 2 aromatic carbocycles. The average Bonchev–Trinajstić information content (AvgIpc) is 2.65. The highest BCUT2D eigenvalue weighted by molar-refractivity contribution is 5.90. The first kappa shape index (κ1) is 22.5. The van der Waals surface area contributed by atoms with Crippen LogP contribution in [0.4, 0.5) is 11.4 Å². The van der Waals surface area contributed by atoms with Gasteiger partial charge in [-0.05, 0) is 56.1 Å². The van der Waals surface area contributed by atoms with Crippen molar-refractivity contribution in [3.8, 4) is 0 Å². The molecule has 2 rings (SSSR count). The maximum absolute atomic E-state index is 10.4. The Morgan fingerprint density at radius 2 is 1.63 bits per heavy atom. The highest BCUT2D eigenvalue weighted by Gasteiger charge is 2.03. The first-order valence-electron chi connectivity index (χ1n) is 9.22. The molecule has 2 aromatic rings. The number of carboxylic acid groups (broad SMARTS) is 1. The lowest BCUT2D eigenvalue weighted by Crippen LogP contribution is -2.27. The number of hydrogen-bond acceptors (Lipinski definition) is 5. The third kappa shape index (κ3) is 9.63. The van der Waals surface area contributed by atoms with Crippen LogP contribution in [0.1, 0.15) is 35.7 Å². The molecule has 0 bridgehead atoms. The van der Waals surface area contributed by atoms with Crippen molar-refractivity contribution in [1.82, 2.24) is 4.90 Å². The first-order valence-corrected chi connectivity index (χ1v) is 9.22. The predicted octanol–water partition coefficient (Wildman–Crippen LogP) is 2.87. The van der Waals surface area contributed by atoms with E-state index in [9.17, 15) is 4.79 Å². The molecule has 0 atom stereocenters. The smallest absolute Gasteiger partial charge is 0.335 e. The molecular formula is C21H31N3O3. The molecule has 0 saturated heterocycles. The summed E-state index contributed by atoms with van der Waals surface area (Å²) in [6.45, 7) is 5.83. The molecule has 0 fully saturated rings. The quantitative estimate of drug-likeness (QED) is 0.397. The van der Waals surface area contributed by atoms with E-state index in [4.69, 9.17) is 21.7 Å². The van der Waals surface area contributed by atoms with Crippen LogP contribution in [0.15, 0.2) is 48.5 Å². The molecule has 0 unspecified atom stereocenters. The summed E-state index contributed by atoms with van der Waals surface area (Å²) in [5.74, 6) is -1.02. The second kappa shape index (κ2) is 12.7. The van der Waals surface area contributed by atoms with Crippen LogP contribution in [-0.2, 0) is 6.42 Å². The van der Waals surface area contributed by atoms with Crippen molar-refractivity contribution in [2.45, 2.75) is 26.2 Å². The average molecular weight is 373 g/mol. The van der Waals surface area contributed by atoms with Crippen molar-refractivity contribution in [2.75, 3.05) is 37.7 Å². The second-order valence-electron chi connectivity index (χ2n) is 6.29. The van der Waals surface area contributed by atoms with Gasteiger partial charge < -0.3 is 26.6 Å². The maximum Gasteiger partial charge on any atom is 0.335 e. The molecule has 6 heteroatoms. The van der Waals surface area contributed by atoms with E-state index in [0.717, 1.165) is 38.9 Å². The second-order valence-corrected chi connectivity index (χ2v) is 6.29. The number of aliphatic hydroxyl groups is 1. The summed E-state index contributed by atoms with van der Waals surface area (Å²) in [7, 11) is 0. The zero-order valence-electron chi connectivity index (χ0n) is 16.0. The van der Waals surface area contributed by atoms with Crippen molar-refractivity contribution in [2.24, 2.45) is 0 Å². The molecule has 0 radical (unpaired) electrons. The number of nitrogens with zero attached hydrogens (tertiary/aromatic N) is 1. The third-order valence-corrected chi connectivity index (χ3v) is 4.11. The van der Waals surface area contributed by atoms with Crippen molar-refractivity contribution < 1.29 is 15.0 Å². The summed E-state index contributed by atoms with van der Waals surface area (Å²) in [5, 5.41) is 17.3. The van der Waals surface area contributed by atoms with Gasteiger partial charge in [-0.2, -0.15) is 0 Å². The maximum atomic E-state index is 10.4. The van der Waals surface area contributed by atoms with Crippen LogP contribution in [0.3, 0.4) is 0 Å². The van der Waals surface area contributed by atoms with E-state index >= 15 is 0 Å². The number of likely N-dealkylation sites (N-methyl/N-ethyl adjacent to an activating group) is 1. The van der Waals surface area contributed by atoms with E-state index in [1.54, 1.807) is 0 Å². The summed E-state index contributed by atoms with van der Waals surface area (Å²) in [4.78, 5) is 12.8. The largest absolute Gasteiger partial charge is 0.478 e. The lowest BCUT2D eigenvalue weighted by Gasteiger charge is -2.20. The first-order chi connectivity index (χ1) is 13.0. The van der Waals surface area contributed by atoms with Gasteiger partial charge in [0.15, 0.2) is 0 Å². The Kier molecular flexibility index (Phi) is 10.6. The van der Waals surface area contributed by atoms with Crippen LogP contribution in [0.5, 0.6) is 0 Å². The van der Waals surface area contributed by atoms with Crippen molar-refractivity contribution in [1.29, 1.82) is 0 Å². The number of hydrogen-bond donors (Lipinski definition) is 4. The summed E-state index contributed by atoms with van der Waals surface area (Å²) in [5.41, 5.74) is 13.0. The van der Waals surface area contributed by atoms with Crippen molar-refractivity contribution in [3.63, 3.8) is 0 Å². The summed E-state index contributed by atoms with van der Waals surface area (Å²) >= 11 is 0. The fourth-order valence-electron chi connectivity index (χ4n) is 2.61. The lowest BCUT2D eigenvalue weighted by molar-refractivity contribution is 0.0697. The molecule has 0 aliphatic carbocycles. The van der Waals surface area contributed by atoms with Gasteiger partial charge in [0.1, 0.15) is 0 Å². The fourth-order valence-corrected chi connectivity index (χ4v) is 2.61. The van der Waals surface area contributed by atoms with Gasteiger partial charge in [0.25, 0.3) is 0 Å². The number of anilines is 2. The Labute approximate surface area is 161 Å². The van der Waals surface area contributed by atoms with Gasteiger partial charge in [-0.1, -0.05) is 37.3 Å². The van der Waals surface area contributed by atoms with Crippen LogP contribution in [0.2, 0.25) is 0 Å². The van der Waals surface area contributed by atoms with Gasteiger partial charge >= 0.3 is 5.97 Å². The number of carboxylic acids is 1. The monoisotopic (exact) mass is 373 g/mol. The Hall–Kier alpha value is -2.57. The molecule has 148 valence electrons. The van der Waals surface area contributed by atoms with Gasteiger partial charge in [0.05, 0.1) is 5.56 Å². The Balaban J connectivity index is 0.000000289. The topological polar surface area (TPSA) is 113 Å². The summed E-state index contributed by atoms with van der Waals surface area (Å²) in [6.07, 6.45) is 3.13. The van der Waals surface area contributed by atoms with Crippen molar-refractivity contribution >= 4 is 17.3 Å². The third-order valence-electron chi connectivity index (χ3n) is 4.11. The van der Waals surface area contributed by atoms with Crippen molar-refractivity contribution in [3.05, 3.63) is 59.7 Å². The molecule has 0 saturated carbocycles. The standard InChI is InChI=1S/C14H23NO.C7H8N2O2/c1-2-15(11-6-7-13-16)12-10-14-8-4-3-5-9-14;8-5-1-4(7(10)11)2-6(9)3-5/h3-5,8-9,16H,2,6-7,10-13H2,1H3;1-3H,8-9H2,(H,10,11). The molecule has 0 aliphatic heterocycles. The van der Waals surface area contributed by atoms with E-state index in [1.807, 2.05) is 0 Å². The fraction of sp³-hybridized carbons (Fsp3) is 0.381. The van der Waals surface area contributed by atoms with Crippen LogP contribution in [-0.4, -0.2) is 47.3 Å². The number of rotatable bonds is 9. The van der Waals surface area contributed by atoms with Crippen LogP contribution >= 0.6 is 0 Å². The lowest BCUT2D eigenvalue weighted by atomic mass is 10.1. The molecule has 6 nitrogen and oxygen atoms in total. The zero-order valence-corrected chi connectivity index (χ0v) is 16.0. The minimum Gasteiger partial charge on any atom is -0.478 e. The molecule has 27 heavy (non-hydrogen) atoms. The van der Waals surface area contributed by atoms with E-state index in [0.29, 0.717) is 18.0 Å². The predicted molar refractivity (Wildman–Crippen MR) is 111 cm³/mol. The number of unbranched alkanes of at least 4 members (excludes halogenated alkanes) is 1. The minimum atomic E-state index is -1.02.